The Morgan fingerprint density at radius 3 is 1.60 bits per heavy atom. The Morgan fingerprint density at radius 1 is 0.800 bits per heavy atom. The van der Waals surface area contributed by atoms with Gasteiger partial charge in [-0.15, -0.1) is 0 Å². The molecule has 0 fully saturated rings. The van der Waals surface area contributed by atoms with Crippen LogP contribution in [-0.4, -0.2) is 23.7 Å². The summed E-state index contributed by atoms with van der Waals surface area (Å²) in [5.74, 6) is -2.66. The molecule has 0 saturated carbocycles. The second-order valence-electron chi connectivity index (χ2n) is 4.98. The van der Waals surface area contributed by atoms with Crippen molar-refractivity contribution in [1.82, 2.24) is 6.15 Å². The van der Waals surface area contributed by atoms with Crippen LogP contribution in [0, 0.1) is 0 Å². The highest BCUT2D eigenvalue weighted by Crippen LogP contribution is 2.11. The van der Waals surface area contributed by atoms with Crippen molar-refractivity contribution in [3.63, 3.8) is 0 Å². The summed E-state index contributed by atoms with van der Waals surface area (Å²) in [6, 6.07) is 0. The van der Waals surface area contributed by atoms with Gasteiger partial charge in [-0.3, -0.25) is 0 Å². The van der Waals surface area contributed by atoms with Gasteiger partial charge in [0.05, 0.1) is 6.61 Å². The number of carboxylic acid groups (broad SMARTS) is 1. The summed E-state index contributed by atoms with van der Waals surface area (Å²) in [5.41, 5.74) is 0. The number of esters is 1. The van der Waals surface area contributed by atoms with Crippen LogP contribution in [0.2, 0.25) is 0 Å². The molecule has 0 aliphatic heterocycles. The highest BCUT2D eigenvalue weighted by atomic mass is 16.6. The van der Waals surface area contributed by atoms with Crippen molar-refractivity contribution in [2.45, 2.75) is 77.6 Å². The molecule has 5 heteroatoms. The number of carbonyl (C=O) groups is 2. The van der Waals surface area contributed by atoms with Crippen LogP contribution in [0.1, 0.15) is 77.6 Å². The summed E-state index contributed by atoms with van der Waals surface area (Å²) in [7, 11) is 0. The maximum absolute atomic E-state index is 10.6. The fraction of sp³-hybridized carbons (Fsp3) is 0.867. The van der Waals surface area contributed by atoms with Crippen molar-refractivity contribution < 1.29 is 19.4 Å². The lowest BCUT2D eigenvalue weighted by molar-refractivity contribution is -0.163. The summed E-state index contributed by atoms with van der Waals surface area (Å²) in [4.78, 5) is 20.8. The molecule has 0 bridgehead atoms. The van der Waals surface area contributed by atoms with E-state index in [9.17, 15) is 9.59 Å². The third-order valence-electron chi connectivity index (χ3n) is 3.16. The third-order valence-corrected chi connectivity index (χ3v) is 3.16. The van der Waals surface area contributed by atoms with Gasteiger partial charge in [-0.05, 0) is 6.42 Å². The van der Waals surface area contributed by atoms with Crippen LogP contribution in [0.3, 0.4) is 0 Å². The van der Waals surface area contributed by atoms with Crippen molar-refractivity contribution in [2.24, 2.45) is 0 Å². The Bertz CT molecular complexity index is 244. The van der Waals surface area contributed by atoms with E-state index in [1.54, 1.807) is 0 Å². The molecule has 0 aromatic rings. The lowest BCUT2D eigenvalue weighted by Crippen LogP contribution is -2.16. The first kappa shape index (κ1) is 21.2. The maximum Gasteiger partial charge on any atom is 0.417 e. The second-order valence-corrected chi connectivity index (χ2v) is 4.98. The molecule has 0 unspecified atom stereocenters. The molecular formula is C15H31NO4. The molecular weight excluding hydrogens is 258 g/mol. The number of aliphatic carboxylic acids is 1. The molecule has 0 amide bonds. The van der Waals surface area contributed by atoms with E-state index in [1.807, 2.05) is 0 Å². The predicted octanol–water partition coefficient (Wildman–Crippen LogP) is 4.09. The quantitative estimate of drug-likeness (QED) is 0.320. The zero-order valence-corrected chi connectivity index (χ0v) is 12.9. The number of carbonyl (C=O) groups excluding carboxylic acids is 1. The van der Waals surface area contributed by atoms with Crippen LogP contribution >= 0.6 is 0 Å². The van der Waals surface area contributed by atoms with Crippen molar-refractivity contribution >= 4 is 11.9 Å². The zero-order valence-electron chi connectivity index (χ0n) is 12.9. The Labute approximate surface area is 122 Å². The average molecular weight is 289 g/mol. The number of rotatable bonds is 12. The normalized spacial score (nSPS) is 9.85. The molecule has 0 atom stereocenters. The SMILES string of the molecule is CCCCCCCCCCCCCOC(=O)C(=O)O.N. The number of hydrogen-bond acceptors (Lipinski definition) is 4. The van der Waals surface area contributed by atoms with Gasteiger partial charge in [0, 0.05) is 0 Å². The van der Waals surface area contributed by atoms with Gasteiger partial charge in [-0.2, -0.15) is 0 Å². The van der Waals surface area contributed by atoms with Gasteiger partial charge in [0.15, 0.2) is 0 Å². The zero-order chi connectivity index (χ0) is 14.3. The molecule has 0 aromatic heterocycles. The van der Waals surface area contributed by atoms with Crippen molar-refractivity contribution in [3.05, 3.63) is 0 Å². The topological polar surface area (TPSA) is 98.6 Å². The van der Waals surface area contributed by atoms with Crippen LogP contribution in [0.25, 0.3) is 0 Å². The number of hydrogen-bond donors (Lipinski definition) is 2. The molecule has 0 rings (SSSR count). The second kappa shape index (κ2) is 16.0. The minimum atomic E-state index is -1.51. The minimum absolute atomic E-state index is 0. The van der Waals surface area contributed by atoms with Gasteiger partial charge < -0.3 is 16.0 Å². The molecule has 0 heterocycles. The molecule has 0 aliphatic carbocycles. The van der Waals surface area contributed by atoms with Gasteiger partial charge in [-0.25, -0.2) is 9.59 Å². The standard InChI is InChI=1S/C15H28O4.H3N/c1-2-3-4-5-6-7-8-9-10-11-12-13-19-15(18)14(16)17;/h2-13H2,1H3,(H,16,17);1H3. The van der Waals surface area contributed by atoms with E-state index in [2.05, 4.69) is 11.7 Å². The summed E-state index contributed by atoms with van der Waals surface area (Å²) in [6.07, 6.45) is 13.4. The maximum atomic E-state index is 10.6. The minimum Gasteiger partial charge on any atom is -0.473 e. The van der Waals surface area contributed by atoms with Gasteiger partial charge in [0.25, 0.3) is 0 Å². The number of unbranched alkanes of at least 4 members (excludes halogenated alkanes) is 10. The van der Waals surface area contributed by atoms with E-state index in [4.69, 9.17) is 5.11 Å². The van der Waals surface area contributed by atoms with E-state index in [-0.39, 0.29) is 12.8 Å². The van der Waals surface area contributed by atoms with Crippen molar-refractivity contribution in [2.75, 3.05) is 6.61 Å². The smallest absolute Gasteiger partial charge is 0.417 e. The fourth-order valence-corrected chi connectivity index (χ4v) is 1.99. The first-order chi connectivity index (χ1) is 9.18. The number of carboxylic acids is 1. The predicted molar refractivity (Wildman–Crippen MR) is 80.1 cm³/mol. The molecule has 0 saturated heterocycles. The molecule has 4 N–H and O–H groups in total. The molecule has 0 aliphatic rings. The lowest BCUT2D eigenvalue weighted by Gasteiger charge is -2.03. The fourth-order valence-electron chi connectivity index (χ4n) is 1.99. The Balaban J connectivity index is 0. The van der Waals surface area contributed by atoms with Gasteiger partial charge >= 0.3 is 11.9 Å². The van der Waals surface area contributed by atoms with E-state index in [1.165, 1.54) is 51.4 Å². The largest absolute Gasteiger partial charge is 0.473 e. The Kier molecular flexibility index (Phi) is 16.9. The van der Waals surface area contributed by atoms with E-state index in [0.717, 1.165) is 19.3 Å². The molecule has 0 radical (unpaired) electrons. The molecule has 0 aromatic carbocycles. The summed E-state index contributed by atoms with van der Waals surface area (Å²) >= 11 is 0. The first-order valence-corrected chi connectivity index (χ1v) is 7.58. The van der Waals surface area contributed by atoms with Gasteiger partial charge in [0.1, 0.15) is 0 Å². The highest BCUT2D eigenvalue weighted by Gasteiger charge is 2.11. The van der Waals surface area contributed by atoms with Crippen LogP contribution in [0.4, 0.5) is 0 Å². The van der Waals surface area contributed by atoms with Crippen LogP contribution in [-0.2, 0) is 14.3 Å². The van der Waals surface area contributed by atoms with Crippen LogP contribution in [0.5, 0.6) is 0 Å². The molecule has 120 valence electrons. The van der Waals surface area contributed by atoms with Gasteiger partial charge in [-0.1, -0.05) is 71.1 Å². The average Bonchev–Trinajstić information content (AvgIpc) is 2.39. The number of ether oxygens (including phenoxy) is 1. The molecule has 20 heavy (non-hydrogen) atoms. The Hall–Kier alpha value is -1.10. The van der Waals surface area contributed by atoms with E-state index in [0.29, 0.717) is 0 Å². The van der Waals surface area contributed by atoms with Crippen LogP contribution in [0.15, 0.2) is 0 Å². The third kappa shape index (κ3) is 15.0. The lowest BCUT2D eigenvalue weighted by atomic mass is 10.1. The highest BCUT2D eigenvalue weighted by molar-refractivity contribution is 6.28. The van der Waals surface area contributed by atoms with Gasteiger partial charge in [0.2, 0.25) is 0 Å². The van der Waals surface area contributed by atoms with Crippen molar-refractivity contribution in [3.8, 4) is 0 Å². The molecule has 0 spiro atoms. The first-order valence-electron chi connectivity index (χ1n) is 7.58. The van der Waals surface area contributed by atoms with Crippen molar-refractivity contribution in [1.29, 1.82) is 0 Å². The van der Waals surface area contributed by atoms with E-state index >= 15 is 0 Å². The summed E-state index contributed by atoms with van der Waals surface area (Å²) < 4.78 is 4.55. The Morgan fingerprint density at radius 2 is 1.20 bits per heavy atom. The van der Waals surface area contributed by atoms with E-state index < -0.39 is 11.9 Å². The monoisotopic (exact) mass is 289 g/mol. The summed E-state index contributed by atoms with van der Waals surface area (Å²) in [5, 5.41) is 8.28. The summed E-state index contributed by atoms with van der Waals surface area (Å²) in [6.45, 7) is 2.45. The van der Waals surface area contributed by atoms with Crippen LogP contribution < -0.4 is 6.15 Å². The molecule has 5 nitrogen and oxygen atoms in total.